The van der Waals surface area contributed by atoms with Crippen LogP contribution in [0.1, 0.15) is 13.3 Å². The third-order valence-electron chi connectivity index (χ3n) is 3.27. The zero-order valence-electron chi connectivity index (χ0n) is 12.9. The maximum atomic E-state index is 5.36. The monoisotopic (exact) mass is 296 g/mol. The van der Waals surface area contributed by atoms with Gasteiger partial charge >= 0.3 is 0 Å². The van der Waals surface area contributed by atoms with Crippen molar-refractivity contribution in [3.8, 4) is 0 Å². The summed E-state index contributed by atoms with van der Waals surface area (Å²) in [5.74, 6) is 1.83. The molecule has 0 amide bonds. The summed E-state index contributed by atoms with van der Waals surface area (Å²) in [4.78, 5) is 15.4. The second-order valence-electron chi connectivity index (χ2n) is 4.96. The van der Waals surface area contributed by atoms with E-state index in [9.17, 15) is 0 Å². The molecule has 2 heterocycles. The summed E-state index contributed by atoms with van der Waals surface area (Å²) >= 11 is 0. The number of morpholine rings is 1. The second kappa shape index (κ2) is 7.94. The van der Waals surface area contributed by atoms with E-state index in [0.717, 1.165) is 19.5 Å². The van der Waals surface area contributed by atoms with Gasteiger partial charge in [-0.05, 0) is 13.3 Å². The molecule has 8 heteroatoms. The Morgan fingerprint density at radius 2 is 1.95 bits per heavy atom. The number of anilines is 3. The summed E-state index contributed by atoms with van der Waals surface area (Å²) in [6.07, 6.45) is 0.893. The molecule has 0 saturated carbocycles. The van der Waals surface area contributed by atoms with Crippen LogP contribution in [0.2, 0.25) is 0 Å². The largest absolute Gasteiger partial charge is 0.385 e. The SMILES string of the molecule is CNc1nc(NC(C)CCOC)nc(N2CCOCC2)n1. The molecular formula is C13H24N6O2. The van der Waals surface area contributed by atoms with E-state index in [1.54, 1.807) is 14.2 Å². The molecule has 8 nitrogen and oxygen atoms in total. The fourth-order valence-electron chi connectivity index (χ4n) is 2.03. The van der Waals surface area contributed by atoms with Crippen molar-refractivity contribution < 1.29 is 9.47 Å². The lowest BCUT2D eigenvalue weighted by atomic mass is 10.2. The van der Waals surface area contributed by atoms with Crippen LogP contribution < -0.4 is 15.5 Å². The molecule has 1 unspecified atom stereocenters. The fraction of sp³-hybridized carbons (Fsp3) is 0.769. The van der Waals surface area contributed by atoms with Gasteiger partial charge in [-0.3, -0.25) is 0 Å². The van der Waals surface area contributed by atoms with Crippen molar-refractivity contribution >= 4 is 17.8 Å². The number of ether oxygens (including phenoxy) is 2. The van der Waals surface area contributed by atoms with Crippen LogP contribution in [0, 0.1) is 0 Å². The van der Waals surface area contributed by atoms with Crippen molar-refractivity contribution in [3.63, 3.8) is 0 Å². The Hall–Kier alpha value is -1.67. The van der Waals surface area contributed by atoms with Crippen molar-refractivity contribution in [3.05, 3.63) is 0 Å². The highest BCUT2D eigenvalue weighted by Crippen LogP contribution is 2.15. The molecule has 0 aromatic carbocycles. The predicted molar refractivity (Wildman–Crippen MR) is 82.0 cm³/mol. The third kappa shape index (κ3) is 4.68. The molecule has 1 aliphatic rings. The van der Waals surface area contributed by atoms with Gasteiger partial charge in [0.1, 0.15) is 0 Å². The van der Waals surface area contributed by atoms with E-state index in [4.69, 9.17) is 9.47 Å². The zero-order chi connectivity index (χ0) is 15.1. The van der Waals surface area contributed by atoms with Crippen LogP contribution in [-0.2, 0) is 9.47 Å². The number of hydrogen-bond donors (Lipinski definition) is 2. The van der Waals surface area contributed by atoms with Crippen LogP contribution >= 0.6 is 0 Å². The van der Waals surface area contributed by atoms with Gasteiger partial charge in [-0.15, -0.1) is 0 Å². The number of nitrogens with one attached hydrogen (secondary N) is 2. The Kier molecular flexibility index (Phi) is 5.94. The van der Waals surface area contributed by atoms with Crippen LogP contribution in [0.25, 0.3) is 0 Å². The van der Waals surface area contributed by atoms with Gasteiger partial charge in [0.05, 0.1) is 13.2 Å². The Morgan fingerprint density at radius 3 is 2.62 bits per heavy atom. The minimum absolute atomic E-state index is 0.231. The molecule has 1 aromatic heterocycles. The van der Waals surface area contributed by atoms with E-state index in [0.29, 0.717) is 37.7 Å². The summed E-state index contributed by atoms with van der Waals surface area (Å²) in [5.41, 5.74) is 0. The van der Waals surface area contributed by atoms with E-state index in [1.807, 2.05) is 0 Å². The number of hydrogen-bond acceptors (Lipinski definition) is 8. The highest BCUT2D eigenvalue weighted by molar-refractivity contribution is 5.44. The van der Waals surface area contributed by atoms with Crippen molar-refractivity contribution in [2.24, 2.45) is 0 Å². The van der Waals surface area contributed by atoms with Gasteiger partial charge < -0.3 is 25.0 Å². The Morgan fingerprint density at radius 1 is 1.24 bits per heavy atom. The number of methoxy groups -OCH3 is 1. The molecule has 0 aliphatic carbocycles. The van der Waals surface area contributed by atoms with E-state index in [2.05, 4.69) is 37.4 Å². The van der Waals surface area contributed by atoms with E-state index >= 15 is 0 Å². The smallest absolute Gasteiger partial charge is 0.232 e. The van der Waals surface area contributed by atoms with Gasteiger partial charge in [0.25, 0.3) is 0 Å². The molecular weight excluding hydrogens is 272 g/mol. The Bertz CT molecular complexity index is 439. The van der Waals surface area contributed by atoms with Gasteiger partial charge in [0, 0.05) is 39.9 Å². The van der Waals surface area contributed by atoms with Crippen molar-refractivity contribution in [2.75, 3.05) is 62.6 Å². The summed E-state index contributed by atoms with van der Waals surface area (Å²) < 4.78 is 10.4. The van der Waals surface area contributed by atoms with Gasteiger partial charge in [-0.2, -0.15) is 15.0 Å². The van der Waals surface area contributed by atoms with Crippen molar-refractivity contribution in [1.82, 2.24) is 15.0 Å². The van der Waals surface area contributed by atoms with E-state index < -0.39 is 0 Å². The van der Waals surface area contributed by atoms with Crippen LogP contribution in [0.5, 0.6) is 0 Å². The quantitative estimate of drug-likeness (QED) is 0.756. The maximum absolute atomic E-state index is 5.36. The molecule has 1 aromatic rings. The summed E-state index contributed by atoms with van der Waals surface area (Å²) in [6, 6.07) is 0.231. The average Bonchev–Trinajstić information content (AvgIpc) is 2.53. The zero-order valence-corrected chi connectivity index (χ0v) is 12.9. The van der Waals surface area contributed by atoms with Crippen LogP contribution in [0.15, 0.2) is 0 Å². The number of nitrogens with zero attached hydrogens (tertiary/aromatic N) is 4. The first-order chi connectivity index (χ1) is 10.2. The van der Waals surface area contributed by atoms with Gasteiger partial charge in [0.2, 0.25) is 17.8 Å². The molecule has 1 aliphatic heterocycles. The fourth-order valence-corrected chi connectivity index (χ4v) is 2.03. The third-order valence-corrected chi connectivity index (χ3v) is 3.27. The molecule has 0 bridgehead atoms. The number of aromatic nitrogens is 3. The molecule has 21 heavy (non-hydrogen) atoms. The Balaban J connectivity index is 2.09. The van der Waals surface area contributed by atoms with Crippen LogP contribution in [-0.4, -0.2) is 68.1 Å². The molecule has 0 radical (unpaired) electrons. The maximum Gasteiger partial charge on any atom is 0.232 e. The molecule has 1 atom stereocenters. The lowest BCUT2D eigenvalue weighted by Gasteiger charge is -2.27. The molecule has 2 N–H and O–H groups in total. The minimum Gasteiger partial charge on any atom is -0.385 e. The minimum atomic E-state index is 0.231. The lowest BCUT2D eigenvalue weighted by Crippen LogP contribution is -2.37. The predicted octanol–water partition coefficient (Wildman–Crippen LogP) is 0.587. The van der Waals surface area contributed by atoms with Crippen molar-refractivity contribution in [1.29, 1.82) is 0 Å². The first-order valence-electron chi connectivity index (χ1n) is 7.25. The van der Waals surface area contributed by atoms with Gasteiger partial charge in [-0.1, -0.05) is 0 Å². The van der Waals surface area contributed by atoms with E-state index in [-0.39, 0.29) is 6.04 Å². The first kappa shape index (κ1) is 15.7. The van der Waals surface area contributed by atoms with Gasteiger partial charge in [-0.25, -0.2) is 0 Å². The highest BCUT2D eigenvalue weighted by atomic mass is 16.5. The van der Waals surface area contributed by atoms with Crippen molar-refractivity contribution in [2.45, 2.75) is 19.4 Å². The standard InChI is InChI=1S/C13H24N6O2/c1-10(4-7-20-3)15-12-16-11(14-2)17-13(18-12)19-5-8-21-9-6-19/h10H,4-9H2,1-3H3,(H2,14,15,16,17,18). The summed E-state index contributed by atoms with van der Waals surface area (Å²) in [6.45, 7) is 5.78. The molecule has 1 fully saturated rings. The van der Waals surface area contributed by atoms with Crippen LogP contribution in [0.3, 0.4) is 0 Å². The van der Waals surface area contributed by atoms with Gasteiger partial charge in [0.15, 0.2) is 0 Å². The number of rotatable bonds is 7. The molecule has 118 valence electrons. The normalized spacial score (nSPS) is 16.6. The second-order valence-corrected chi connectivity index (χ2v) is 4.96. The molecule has 2 rings (SSSR count). The van der Waals surface area contributed by atoms with Crippen LogP contribution in [0.4, 0.5) is 17.8 Å². The topological polar surface area (TPSA) is 84.4 Å². The molecule has 1 saturated heterocycles. The lowest BCUT2D eigenvalue weighted by molar-refractivity contribution is 0.122. The molecule has 0 spiro atoms. The average molecular weight is 296 g/mol. The first-order valence-corrected chi connectivity index (χ1v) is 7.25. The highest BCUT2D eigenvalue weighted by Gasteiger charge is 2.16. The summed E-state index contributed by atoms with van der Waals surface area (Å²) in [5, 5.41) is 6.27. The van der Waals surface area contributed by atoms with E-state index in [1.165, 1.54) is 0 Å². The summed E-state index contributed by atoms with van der Waals surface area (Å²) in [7, 11) is 3.50. The Labute approximate surface area is 125 Å².